The number of anilines is 3. The van der Waals surface area contributed by atoms with Crippen LogP contribution in [0.3, 0.4) is 0 Å². The third-order valence-electron chi connectivity index (χ3n) is 5.59. The molecule has 4 rings (SSSR count). The molecule has 0 bridgehead atoms. The average molecular weight is 399 g/mol. The molecular formula is C22H27ClN4O. The van der Waals surface area contributed by atoms with Crippen LogP contribution in [0.15, 0.2) is 48.5 Å². The Morgan fingerprint density at radius 1 is 0.857 bits per heavy atom. The van der Waals surface area contributed by atoms with Crippen LogP contribution < -0.4 is 15.1 Å². The molecule has 2 heterocycles. The van der Waals surface area contributed by atoms with E-state index in [0.29, 0.717) is 6.54 Å². The minimum atomic E-state index is 0.148. The molecule has 2 aromatic rings. The number of carbonyl (C=O) groups is 1. The van der Waals surface area contributed by atoms with Crippen LogP contribution >= 0.6 is 11.6 Å². The molecule has 2 fully saturated rings. The van der Waals surface area contributed by atoms with Crippen molar-refractivity contribution < 1.29 is 4.79 Å². The molecule has 0 spiro atoms. The fraction of sp³-hybridized carbons (Fsp3) is 0.409. The van der Waals surface area contributed by atoms with Gasteiger partial charge in [-0.3, -0.25) is 4.79 Å². The lowest BCUT2D eigenvalue weighted by Gasteiger charge is -2.36. The van der Waals surface area contributed by atoms with Gasteiger partial charge in [-0.25, -0.2) is 0 Å². The van der Waals surface area contributed by atoms with E-state index in [1.54, 1.807) is 0 Å². The minimum Gasteiger partial charge on any atom is -0.376 e. The van der Waals surface area contributed by atoms with Gasteiger partial charge in [0.2, 0.25) is 5.91 Å². The van der Waals surface area contributed by atoms with E-state index in [1.807, 2.05) is 23.1 Å². The summed E-state index contributed by atoms with van der Waals surface area (Å²) in [6.07, 6.45) is 2.55. The highest BCUT2D eigenvalue weighted by atomic mass is 35.5. The average Bonchev–Trinajstić information content (AvgIpc) is 3.27. The molecule has 5 nitrogen and oxygen atoms in total. The summed E-state index contributed by atoms with van der Waals surface area (Å²) in [6.45, 7) is 5.76. The van der Waals surface area contributed by atoms with Crippen molar-refractivity contribution in [3.8, 4) is 0 Å². The van der Waals surface area contributed by atoms with Crippen LogP contribution in [0.25, 0.3) is 0 Å². The van der Waals surface area contributed by atoms with Gasteiger partial charge in [0.25, 0.3) is 0 Å². The first kappa shape index (κ1) is 18.9. The van der Waals surface area contributed by atoms with E-state index in [9.17, 15) is 4.79 Å². The Kier molecular flexibility index (Phi) is 5.91. The zero-order valence-corrected chi connectivity index (χ0v) is 16.9. The molecule has 0 radical (unpaired) electrons. The predicted molar refractivity (Wildman–Crippen MR) is 117 cm³/mol. The molecule has 2 saturated heterocycles. The van der Waals surface area contributed by atoms with Crippen molar-refractivity contribution in [3.05, 3.63) is 53.6 Å². The van der Waals surface area contributed by atoms with E-state index in [2.05, 4.69) is 45.4 Å². The lowest BCUT2D eigenvalue weighted by Crippen LogP contribution is -2.50. The van der Waals surface area contributed by atoms with Gasteiger partial charge in [0.05, 0.1) is 6.54 Å². The Labute approximate surface area is 171 Å². The summed E-state index contributed by atoms with van der Waals surface area (Å²) in [5.41, 5.74) is 3.39. The maximum atomic E-state index is 12.6. The number of nitrogens with zero attached hydrogens (tertiary/aromatic N) is 3. The van der Waals surface area contributed by atoms with Gasteiger partial charge in [-0.15, -0.1) is 0 Å². The van der Waals surface area contributed by atoms with Crippen LogP contribution in [0.2, 0.25) is 5.02 Å². The van der Waals surface area contributed by atoms with Crippen LogP contribution in [-0.4, -0.2) is 56.6 Å². The number of hydrogen-bond donors (Lipinski definition) is 1. The zero-order valence-electron chi connectivity index (χ0n) is 16.1. The first-order chi connectivity index (χ1) is 13.7. The Morgan fingerprint density at radius 2 is 1.54 bits per heavy atom. The smallest absolute Gasteiger partial charge is 0.241 e. The van der Waals surface area contributed by atoms with Crippen molar-refractivity contribution in [1.82, 2.24) is 4.90 Å². The van der Waals surface area contributed by atoms with E-state index in [-0.39, 0.29) is 5.91 Å². The molecule has 6 heteroatoms. The second kappa shape index (κ2) is 8.74. The maximum Gasteiger partial charge on any atom is 0.241 e. The van der Waals surface area contributed by atoms with Crippen LogP contribution in [0, 0.1) is 0 Å². The molecule has 28 heavy (non-hydrogen) atoms. The number of halogens is 1. The summed E-state index contributed by atoms with van der Waals surface area (Å²) in [5, 5.41) is 4.02. The number of carbonyl (C=O) groups excluding carboxylic acids is 1. The normalized spacial score (nSPS) is 17.1. The van der Waals surface area contributed by atoms with Crippen molar-refractivity contribution in [3.63, 3.8) is 0 Å². The van der Waals surface area contributed by atoms with Crippen molar-refractivity contribution in [2.75, 3.05) is 60.9 Å². The topological polar surface area (TPSA) is 38.8 Å². The van der Waals surface area contributed by atoms with Crippen molar-refractivity contribution in [2.24, 2.45) is 0 Å². The highest BCUT2D eigenvalue weighted by molar-refractivity contribution is 6.30. The standard InChI is InChI=1S/C22H27ClN4O/c23-18-4-3-5-21(16-18)26-12-14-27(15-13-26)22(28)17-24-19-6-8-20(9-7-19)25-10-1-2-11-25/h3-9,16,24H,1-2,10-15,17H2. The quantitative estimate of drug-likeness (QED) is 0.833. The fourth-order valence-electron chi connectivity index (χ4n) is 3.94. The van der Waals surface area contributed by atoms with Gasteiger partial charge in [-0.1, -0.05) is 17.7 Å². The molecule has 0 unspecified atom stereocenters. The molecular weight excluding hydrogens is 372 g/mol. The molecule has 148 valence electrons. The Hall–Kier alpha value is -2.40. The summed E-state index contributed by atoms with van der Waals surface area (Å²) < 4.78 is 0. The van der Waals surface area contributed by atoms with Crippen molar-refractivity contribution in [2.45, 2.75) is 12.8 Å². The van der Waals surface area contributed by atoms with Gasteiger partial charge in [0.1, 0.15) is 0 Å². The minimum absolute atomic E-state index is 0.148. The number of rotatable bonds is 5. The second-order valence-corrected chi connectivity index (χ2v) is 7.88. The monoisotopic (exact) mass is 398 g/mol. The van der Waals surface area contributed by atoms with Crippen LogP contribution in [-0.2, 0) is 4.79 Å². The number of piperazine rings is 1. The first-order valence-corrected chi connectivity index (χ1v) is 10.4. The molecule has 0 aromatic heterocycles. The molecule has 2 aliphatic rings. The second-order valence-electron chi connectivity index (χ2n) is 7.44. The van der Waals surface area contributed by atoms with Gasteiger partial charge in [-0.05, 0) is 55.3 Å². The maximum absolute atomic E-state index is 12.6. The lowest BCUT2D eigenvalue weighted by atomic mass is 10.2. The number of amides is 1. The van der Waals surface area contributed by atoms with Gasteiger partial charge >= 0.3 is 0 Å². The molecule has 2 aliphatic heterocycles. The first-order valence-electron chi connectivity index (χ1n) is 10.1. The summed E-state index contributed by atoms with van der Waals surface area (Å²) >= 11 is 6.09. The summed E-state index contributed by atoms with van der Waals surface area (Å²) in [7, 11) is 0. The number of nitrogens with one attached hydrogen (secondary N) is 1. The summed E-state index contributed by atoms with van der Waals surface area (Å²) in [5.74, 6) is 0.148. The van der Waals surface area contributed by atoms with Crippen LogP contribution in [0.5, 0.6) is 0 Å². The molecule has 0 saturated carbocycles. The van der Waals surface area contributed by atoms with E-state index >= 15 is 0 Å². The van der Waals surface area contributed by atoms with Crippen LogP contribution in [0.1, 0.15) is 12.8 Å². The Morgan fingerprint density at radius 3 is 2.21 bits per heavy atom. The summed E-state index contributed by atoms with van der Waals surface area (Å²) in [6, 6.07) is 16.3. The highest BCUT2D eigenvalue weighted by Crippen LogP contribution is 2.23. The number of hydrogen-bond acceptors (Lipinski definition) is 4. The third-order valence-corrected chi connectivity index (χ3v) is 5.82. The molecule has 2 aromatic carbocycles. The third kappa shape index (κ3) is 4.53. The molecule has 1 N–H and O–H groups in total. The van der Waals surface area contributed by atoms with Gasteiger partial charge in [0, 0.05) is 61.4 Å². The molecule has 0 atom stereocenters. The summed E-state index contributed by atoms with van der Waals surface area (Å²) in [4.78, 5) is 19.2. The van der Waals surface area contributed by atoms with Crippen molar-refractivity contribution in [1.29, 1.82) is 0 Å². The number of benzene rings is 2. The molecule has 1 amide bonds. The van der Waals surface area contributed by atoms with Crippen molar-refractivity contribution >= 4 is 34.6 Å². The van der Waals surface area contributed by atoms with E-state index < -0.39 is 0 Å². The highest BCUT2D eigenvalue weighted by Gasteiger charge is 2.21. The van der Waals surface area contributed by atoms with Gasteiger partial charge < -0.3 is 20.0 Å². The fourth-order valence-corrected chi connectivity index (χ4v) is 4.13. The van der Waals surface area contributed by atoms with Gasteiger partial charge in [-0.2, -0.15) is 0 Å². The molecule has 0 aliphatic carbocycles. The zero-order chi connectivity index (χ0) is 19.3. The Balaban J connectivity index is 1.24. The largest absolute Gasteiger partial charge is 0.376 e. The van der Waals surface area contributed by atoms with E-state index in [4.69, 9.17) is 11.6 Å². The predicted octanol–water partition coefficient (Wildman–Crippen LogP) is 3.70. The van der Waals surface area contributed by atoms with Gasteiger partial charge in [0.15, 0.2) is 0 Å². The lowest BCUT2D eigenvalue weighted by molar-refractivity contribution is -0.129. The Bertz CT molecular complexity index is 796. The van der Waals surface area contributed by atoms with E-state index in [1.165, 1.54) is 18.5 Å². The SMILES string of the molecule is O=C(CNc1ccc(N2CCCC2)cc1)N1CCN(c2cccc(Cl)c2)CC1. The van der Waals surface area contributed by atoms with Crippen LogP contribution in [0.4, 0.5) is 17.1 Å². The van der Waals surface area contributed by atoms with E-state index in [0.717, 1.165) is 55.7 Å².